The average Bonchev–Trinajstić information content (AvgIpc) is 3.50. The number of aromatic nitrogens is 1. The molecule has 1 amide bonds. The highest BCUT2D eigenvalue weighted by molar-refractivity contribution is 7.89. The van der Waals surface area contributed by atoms with Gasteiger partial charge in [0.25, 0.3) is 0 Å². The van der Waals surface area contributed by atoms with E-state index in [1.807, 2.05) is 31.2 Å². The zero-order chi connectivity index (χ0) is 25.3. The van der Waals surface area contributed by atoms with Gasteiger partial charge in [0.15, 0.2) is 22.2 Å². The summed E-state index contributed by atoms with van der Waals surface area (Å²) in [6.45, 7) is 4.24. The number of nitrogens with one attached hydrogen (secondary N) is 1. The Morgan fingerprint density at radius 1 is 1.03 bits per heavy atom. The molecule has 0 radical (unpaired) electrons. The summed E-state index contributed by atoms with van der Waals surface area (Å²) in [4.78, 5) is 12.9. The summed E-state index contributed by atoms with van der Waals surface area (Å²) in [5, 5.41) is 6.80. The molecule has 0 saturated carbocycles. The summed E-state index contributed by atoms with van der Waals surface area (Å²) in [6.07, 6.45) is 4.25. The molecule has 10 heteroatoms. The Morgan fingerprint density at radius 2 is 1.75 bits per heavy atom. The number of ether oxygens (including phenoxy) is 2. The molecule has 0 bridgehead atoms. The molecular weight excluding hydrogens is 482 g/mol. The Balaban J connectivity index is 1.25. The molecule has 1 fully saturated rings. The summed E-state index contributed by atoms with van der Waals surface area (Å²) in [6, 6.07) is 13.1. The summed E-state index contributed by atoms with van der Waals surface area (Å²) >= 11 is 0. The minimum Gasteiger partial charge on any atom is -0.454 e. The monoisotopic (exact) mass is 509 g/mol. The van der Waals surface area contributed by atoms with Gasteiger partial charge in [-0.25, -0.2) is 8.42 Å². The van der Waals surface area contributed by atoms with Crippen LogP contribution in [0.2, 0.25) is 0 Å². The number of piperidine rings is 1. The highest BCUT2D eigenvalue weighted by Gasteiger charge is 2.36. The Kier molecular flexibility index (Phi) is 6.55. The van der Waals surface area contributed by atoms with Crippen molar-refractivity contribution in [3.8, 4) is 11.5 Å². The molecular formula is C26H27N3O6S. The maximum absolute atomic E-state index is 13.5. The number of carbonyl (C=O) groups excluding carboxylic acids is 1. The predicted octanol–water partition coefficient (Wildman–Crippen LogP) is 4.23. The summed E-state index contributed by atoms with van der Waals surface area (Å²) in [7, 11) is -3.84. The molecule has 0 atom stereocenters. The maximum Gasteiger partial charge on any atom is 0.248 e. The van der Waals surface area contributed by atoms with Crippen molar-refractivity contribution in [1.29, 1.82) is 0 Å². The molecule has 188 valence electrons. The molecule has 2 aliphatic heterocycles. The zero-order valence-electron chi connectivity index (χ0n) is 20.1. The van der Waals surface area contributed by atoms with E-state index >= 15 is 0 Å². The summed E-state index contributed by atoms with van der Waals surface area (Å²) in [5.74, 6) is 0.976. The van der Waals surface area contributed by atoms with Crippen LogP contribution in [0.4, 0.5) is 5.69 Å². The van der Waals surface area contributed by atoms with Crippen LogP contribution in [-0.4, -0.2) is 43.7 Å². The van der Waals surface area contributed by atoms with Crippen LogP contribution >= 0.6 is 0 Å². The van der Waals surface area contributed by atoms with Crippen LogP contribution in [0.3, 0.4) is 0 Å². The van der Waals surface area contributed by atoms with E-state index in [1.165, 1.54) is 4.31 Å². The minimum atomic E-state index is -3.84. The highest BCUT2D eigenvalue weighted by Crippen LogP contribution is 2.35. The molecule has 3 heterocycles. The first-order valence-corrected chi connectivity index (χ1v) is 13.2. The maximum atomic E-state index is 13.5. The van der Waals surface area contributed by atoms with Gasteiger partial charge < -0.3 is 19.3 Å². The van der Waals surface area contributed by atoms with Crippen LogP contribution in [0.25, 0.3) is 12.2 Å². The molecule has 0 unspecified atom stereocenters. The van der Waals surface area contributed by atoms with Gasteiger partial charge in [-0.3, -0.25) is 4.79 Å². The third-order valence-corrected chi connectivity index (χ3v) is 8.46. The number of aryl methyl sites for hydroxylation is 2. The van der Waals surface area contributed by atoms with Crippen molar-refractivity contribution in [3.05, 3.63) is 65.0 Å². The van der Waals surface area contributed by atoms with Gasteiger partial charge in [0.1, 0.15) is 5.69 Å². The lowest BCUT2D eigenvalue weighted by atomic mass is 9.97. The standard InChI is InChI=1S/C26H27N3O6S/c1-17-3-5-19(6-4-17)7-9-23-25(18(2)28-35-23)36(31,32)29-13-11-20(12-14-29)26(30)27-21-8-10-22-24(15-21)34-16-33-22/h3-10,15,20H,11-14,16H2,1-2H3,(H,27,30)/b9-7+. The number of hydrogen-bond acceptors (Lipinski definition) is 7. The number of sulfonamides is 1. The second-order valence-electron chi connectivity index (χ2n) is 8.94. The van der Waals surface area contributed by atoms with Gasteiger partial charge >= 0.3 is 0 Å². The second-order valence-corrected chi connectivity index (χ2v) is 10.8. The van der Waals surface area contributed by atoms with Crippen LogP contribution in [0.15, 0.2) is 51.9 Å². The van der Waals surface area contributed by atoms with Gasteiger partial charge in [-0.1, -0.05) is 41.1 Å². The topological polar surface area (TPSA) is 111 Å². The second kappa shape index (κ2) is 9.79. The van der Waals surface area contributed by atoms with Crippen molar-refractivity contribution in [2.45, 2.75) is 31.6 Å². The van der Waals surface area contributed by atoms with E-state index < -0.39 is 10.0 Å². The first-order valence-electron chi connectivity index (χ1n) is 11.7. The molecule has 36 heavy (non-hydrogen) atoms. The van der Waals surface area contributed by atoms with Gasteiger partial charge in [-0.15, -0.1) is 0 Å². The molecule has 2 aliphatic rings. The Hall–Kier alpha value is -3.63. The van der Waals surface area contributed by atoms with Crippen LogP contribution in [-0.2, 0) is 14.8 Å². The van der Waals surface area contributed by atoms with Crippen LogP contribution in [0.1, 0.15) is 35.4 Å². The van der Waals surface area contributed by atoms with E-state index in [1.54, 1.807) is 37.3 Å². The SMILES string of the molecule is Cc1ccc(/C=C/c2onc(C)c2S(=O)(=O)N2CCC(C(=O)Nc3ccc4c(c3)OCO4)CC2)cc1. The first kappa shape index (κ1) is 24.1. The molecule has 0 aliphatic carbocycles. The quantitative estimate of drug-likeness (QED) is 0.529. The number of nitrogens with zero attached hydrogens (tertiary/aromatic N) is 2. The zero-order valence-corrected chi connectivity index (χ0v) is 20.9. The largest absolute Gasteiger partial charge is 0.454 e. The van der Waals surface area contributed by atoms with Gasteiger partial charge in [-0.05, 0) is 50.5 Å². The lowest BCUT2D eigenvalue weighted by Crippen LogP contribution is -2.41. The van der Waals surface area contributed by atoms with Crippen LogP contribution < -0.4 is 14.8 Å². The summed E-state index contributed by atoms with van der Waals surface area (Å²) in [5.41, 5.74) is 2.98. The van der Waals surface area contributed by atoms with Crippen molar-refractivity contribution >= 4 is 33.8 Å². The minimum absolute atomic E-state index is 0.0640. The Labute approximate surface area is 209 Å². The van der Waals surface area contributed by atoms with Crippen molar-refractivity contribution in [3.63, 3.8) is 0 Å². The molecule has 9 nitrogen and oxygen atoms in total. The fourth-order valence-corrected chi connectivity index (χ4v) is 6.07. The fourth-order valence-electron chi connectivity index (χ4n) is 4.35. The number of hydrogen-bond donors (Lipinski definition) is 1. The molecule has 0 spiro atoms. The third-order valence-electron chi connectivity index (χ3n) is 6.40. The highest BCUT2D eigenvalue weighted by atomic mass is 32.2. The molecule has 1 aromatic heterocycles. The van der Waals surface area contributed by atoms with E-state index in [0.29, 0.717) is 35.7 Å². The van der Waals surface area contributed by atoms with Crippen LogP contribution in [0, 0.1) is 19.8 Å². The average molecular weight is 510 g/mol. The third kappa shape index (κ3) is 4.87. The molecule has 1 saturated heterocycles. The number of carbonyl (C=O) groups is 1. The molecule has 3 aromatic rings. The van der Waals surface area contributed by atoms with E-state index in [4.69, 9.17) is 14.0 Å². The van der Waals surface area contributed by atoms with Crippen molar-refractivity contribution in [1.82, 2.24) is 9.46 Å². The molecule has 5 rings (SSSR count). The van der Waals surface area contributed by atoms with Gasteiger partial charge in [0.2, 0.25) is 22.7 Å². The number of fused-ring (bicyclic) bond motifs is 1. The molecule has 1 N–H and O–H groups in total. The normalized spacial score (nSPS) is 16.5. The molecule has 2 aromatic carbocycles. The smallest absolute Gasteiger partial charge is 0.248 e. The van der Waals surface area contributed by atoms with E-state index in [-0.39, 0.29) is 42.4 Å². The van der Waals surface area contributed by atoms with Crippen molar-refractivity contribution in [2.24, 2.45) is 5.92 Å². The van der Waals surface area contributed by atoms with Gasteiger partial charge in [-0.2, -0.15) is 4.31 Å². The Morgan fingerprint density at radius 3 is 2.50 bits per heavy atom. The van der Waals surface area contributed by atoms with Gasteiger partial charge in [0.05, 0.1) is 0 Å². The van der Waals surface area contributed by atoms with Crippen molar-refractivity contribution < 1.29 is 27.2 Å². The van der Waals surface area contributed by atoms with E-state index in [0.717, 1.165) is 11.1 Å². The predicted molar refractivity (Wildman–Crippen MR) is 134 cm³/mol. The van der Waals surface area contributed by atoms with Gasteiger partial charge in [0, 0.05) is 30.8 Å². The van der Waals surface area contributed by atoms with Crippen molar-refractivity contribution in [2.75, 3.05) is 25.2 Å². The Bertz CT molecular complexity index is 1400. The van der Waals surface area contributed by atoms with E-state index in [9.17, 15) is 13.2 Å². The fraction of sp³-hybridized carbons (Fsp3) is 0.308. The first-order chi connectivity index (χ1) is 17.3. The number of amides is 1. The number of rotatable bonds is 6. The lowest BCUT2D eigenvalue weighted by molar-refractivity contribution is -0.120. The number of anilines is 1. The van der Waals surface area contributed by atoms with Crippen LogP contribution in [0.5, 0.6) is 11.5 Å². The lowest BCUT2D eigenvalue weighted by Gasteiger charge is -2.30. The summed E-state index contributed by atoms with van der Waals surface area (Å²) < 4.78 is 44.4. The number of benzene rings is 2. The van der Waals surface area contributed by atoms with E-state index in [2.05, 4.69) is 10.5 Å².